The molecule has 0 bridgehead atoms. The highest BCUT2D eigenvalue weighted by Crippen LogP contribution is 2.20. The molecule has 0 spiro atoms. The molecule has 0 radical (unpaired) electrons. The number of hydrogen-bond acceptors (Lipinski definition) is 4. The monoisotopic (exact) mass is 313 g/mol. The summed E-state index contributed by atoms with van der Waals surface area (Å²) in [6.45, 7) is 0. The van der Waals surface area contributed by atoms with Crippen LogP contribution in [-0.2, 0) is 0 Å². The molecule has 3 rings (SSSR count). The smallest absolute Gasteiger partial charge is 0.258 e. The van der Waals surface area contributed by atoms with Crippen molar-refractivity contribution in [2.24, 2.45) is 0 Å². The van der Waals surface area contributed by atoms with Gasteiger partial charge in [-0.25, -0.2) is 0 Å². The van der Waals surface area contributed by atoms with E-state index in [-0.39, 0.29) is 23.3 Å². The van der Waals surface area contributed by atoms with Crippen molar-refractivity contribution in [1.29, 1.82) is 0 Å². The highest BCUT2D eigenvalue weighted by molar-refractivity contribution is 5.96. The molecule has 120 valence electrons. The lowest BCUT2D eigenvalue weighted by molar-refractivity contribution is 0.0924. The molecule has 2 aromatic rings. The lowest BCUT2D eigenvalue weighted by Gasteiger charge is -2.23. The number of hydrogen-bond donors (Lipinski definition) is 2. The molecule has 0 aliphatic heterocycles. The summed E-state index contributed by atoms with van der Waals surface area (Å²) in [6.07, 6.45) is 9.81. The number of rotatable bonds is 3. The van der Waals surface area contributed by atoms with E-state index in [2.05, 4.69) is 10.3 Å². The number of pyridine rings is 2. The maximum atomic E-state index is 12.4. The van der Waals surface area contributed by atoms with Crippen molar-refractivity contribution in [3.63, 3.8) is 0 Å². The SMILES string of the molecule is O=C(NC1CCCCC1)c1cn(-c2cccnc2)c(=O)cc1O. The first-order valence-corrected chi connectivity index (χ1v) is 7.82. The van der Waals surface area contributed by atoms with Crippen LogP contribution < -0.4 is 10.9 Å². The van der Waals surface area contributed by atoms with Crippen LogP contribution in [-0.4, -0.2) is 26.6 Å². The lowest BCUT2D eigenvalue weighted by atomic mass is 9.95. The van der Waals surface area contributed by atoms with Gasteiger partial charge in [0.25, 0.3) is 11.5 Å². The fraction of sp³-hybridized carbons (Fsp3) is 0.353. The van der Waals surface area contributed by atoms with E-state index in [1.807, 2.05) is 0 Å². The van der Waals surface area contributed by atoms with Crippen LogP contribution in [0.4, 0.5) is 0 Å². The molecule has 0 saturated heterocycles. The van der Waals surface area contributed by atoms with Gasteiger partial charge in [-0.1, -0.05) is 19.3 Å². The second-order valence-electron chi connectivity index (χ2n) is 5.80. The van der Waals surface area contributed by atoms with Crippen molar-refractivity contribution in [2.75, 3.05) is 0 Å². The number of aromatic hydroxyl groups is 1. The molecule has 0 atom stereocenters. The van der Waals surface area contributed by atoms with Gasteiger partial charge < -0.3 is 10.4 Å². The quantitative estimate of drug-likeness (QED) is 0.907. The van der Waals surface area contributed by atoms with E-state index in [0.717, 1.165) is 31.7 Å². The largest absolute Gasteiger partial charge is 0.507 e. The van der Waals surface area contributed by atoms with Crippen LogP contribution in [0.15, 0.2) is 41.6 Å². The highest BCUT2D eigenvalue weighted by atomic mass is 16.3. The van der Waals surface area contributed by atoms with Crippen LogP contribution in [0.25, 0.3) is 5.69 Å². The first-order chi connectivity index (χ1) is 11.1. The molecule has 2 aromatic heterocycles. The van der Waals surface area contributed by atoms with Gasteiger partial charge in [0.1, 0.15) is 5.75 Å². The Hall–Kier alpha value is -2.63. The zero-order chi connectivity index (χ0) is 16.2. The van der Waals surface area contributed by atoms with Crippen LogP contribution in [0, 0.1) is 0 Å². The first-order valence-electron chi connectivity index (χ1n) is 7.82. The van der Waals surface area contributed by atoms with Gasteiger partial charge in [0.15, 0.2) is 0 Å². The normalized spacial score (nSPS) is 15.3. The Morgan fingerprint density at radius 1 is 1.30 bits per heavy atom. The Bertz CT molecular complexity index is 749. The fourth-order valence-corrected chi connectivity index (χ4v) is 2.91. The van der Waals surface area contributed by atoms with E-state index in [1.54, 1.807) is 18.3 Å². The van der Waals surface area contributed by atoms with Crippen molar-refractivity contribution in [1.82, 2.24) is 14.9 Å². The van der Waals surface area contributed by atoms with E-state index < -0.39 is 5.56 Å². The molecule has 1 aliphatic carbocycles. The summed E-state index contributed by atoms with van der Waals surface area (Å²) in [7, 11) is 0. The molecule has 1 fully saturated rings. The Morgan fingerprint density at radius 2 is 2.09 bits per heavy atom. The third-order valence-electron chi connectivity index (χ3n) is 4.14. The van der Waals surface area contributed by atoms with E-state index >= 15 is 0 Å². The molecule has 0 aromatic carbocycles. The van der Waals surface area contributed by atoms with Crippen LogP contribution in [0.1, 0.15) is 42.5 Å². The van der Waals surface area contributed by atoms with Crippen molar-refractivity contribution in [3.8, 4) is 11.4 Å². The van der Waals surface area contributed by atoms with Crippen LogP contribution >= 0.6 is 0 Å². The van der Waals surface area contributed by atoms with Gasteiger partial charge >= 0.3 is 0 Å². The number of nitrogens with zero attached hydrogens (tertiary/aromatic N) is 2. The third kappa shape index (κ3) is 3.41. The fourth-order valence-electron chi connectivity index (χ4n) is 2.91. The van der Waals surface area contributed by atoms with E-state index in [9.17, 15) is 14.7 Å². The van der Waals surface area contributed by atoms with E-state index in [1.165, 1.54) is 23.4 Å². The van der Waals surface area contributed by atoms with Gasteiger partial charge in [-0.05, 0) is 25.0 Å². The summed E-state index contributed by atoms with van der Waals surface area (Å²) < 4.78 is 1.31. The zero-order valence-electron chi connectivity index (χ0n) is 12.7. The van der Waals surface area contributed by atoms with Gasteiger partial charge in [-0.15, -0.1) is 0 Å². The zero-order valence-corrected chi connectivity index (χ0v) is 12.7. The summed E-state index contributed by atoms with van der Waals surface area (Å²) in [5, 5.41) is 12.9. The van der Waals surface area contributed by atoms with Gasteiger partial charge in [0.2, 0.25) is 0 Å². The van der Waals surface area contributed by atoms with Crippen LogP contribution in [0.5, 0.6) is 5.75 Å². The van der Waals surface area contributed by atoms with Gasteiger partial charge in [-0.2, -0.15) is 0 Å². The van der Waals surface area contributed by atoms with Crippen molar-refractivity contribution >= 4 is 5.91 Å². The molecule has 1 amide bonds. The average Bonchev–Trinajstić information content (AvgIpc) is 2.56. The number of carbonyl (C=O) groups excluding carboxylic acids is 1. The summed E-state index contributed by atoms with van der Waals surface area (Å²) >= 11 is 0. The topological polar surface area (TPSA) is 84.2 Å². The molecule has 2 N–H and O–H groups in total. The molecule has 2 heterocycles. The Kier molecular flexibility index (Phi) is 4.41. The molecule has 6 heteroatoms. The predicted octanol–water partition coefficient (Wildman–Crippen LogP) is 2.00. The van der Waals surface area contributed by atoms with Gasteiger partial charge in [0, 0.05) is 24.5 Å². The molecular weight excluding hydrogens is 294 g/mol. The number of amides is 1. The predicted molar refractivity (Wildman–Crippen MR) is 85.8 cm³/mol. The van der Waals surface area contributed by atoms with Crippen LogP contribution in [0.2, 0.25) is 0 Å². The van der Waals surface area contributed by atoms with Crippen molar-refractivity contribution in [2.45, 2.75) is 38.1 Å². The summed E-state index contributed by atoms with van der Waals surface area (Å²) in [6, 6.07) is 4.61. The molecule has 23 heavy (non-hydrogen) atoms. The van der Waals surface area contributed by atoms with Gasteiger partial charge in [-0.3, -0.25) is 19.1 Å². The Morgan fingerprint density at radius 3 is 2.78 bits per heavy atom. The minimum Gasteiger partial charge on any atom is -0.507 e. The van der Waals surface area contributed by atoms with Crippen LogP contribution in [0.3, 0.4) is 0 Å². The van der Waals surface area contributed by atoms with Gasteiger partial charge in [0.05, 0.1) is 17.4 Å². The minimum absolute atomic E-state index is 0.0963. The third-order valence-corrected chi connectivity index (χ3v) is 4.14. The summed E-state index contributed by atoms with van der Waals surface area (Å²) in [4.78, 5) is 28.4. The minimum atomic E-state index is -0.412. The summed E-state index contributed by atoms with van der Waals surface area (Å²) in [5.74, 6) is -0.657. The highest BCUT2D eigenvalue weighted by Gasteiger charge is 2.20. The maximum Gasteiger partial charge on any atom is 0.258 e. The number of carbonyl (C=O) groups is 1. The molecule has 0 unspecified atom stereocenters. The first kappa shape index (κ1) is 15.3. The Labute approximate surface area is 133 Å². The maximum absolute atomic E-state index is 12.4. The standard InChI is InChI=1S/C17H19N3O3/c21-15-9-16(22)20(13-7-4-8-18-10-13)11-14(15)17(23)19-12-5-2-1-3-6-12/h4,7-12,21H,1-3,5-6H2,(H,19,23). The second kappa shape index (κ2) is 6.64. The molecular formula is C17H19N3O3. The molecule has 1 saturated carbocycles. The number of nitrogens with one attached hydrogen (secondary N) is 1. The number of aromatic nitrogens is 2. The van der Waals surface area contributed by atoms with Crippen molar-refractivity contribution in [3.05, 3.63) is 52.7 Å². The van der Waals surface area contributed by atoms with E-state index in [0.29, 0.717) is 5.69 Å². The second-order valence-corrected chi connectivity index (χ2v) is 5.80. The average molecular weight is 313 g/mol. The summed E-state index contributed by atoms with van der Waals surface area (Å²) in [5.41, 5.74) is 0.230. The molecule has 1 aliphatic rings. The van der Waals surface area contributed by atoms with Crippen molar-refractivity contribution < 1.29 is 9.90 Å². The Balaban J connectivity index is 1.89. The molecule has 6 nitrogen and oxygen atoms in total. The lowest BCUT2D eigenvalue weighted by Crippen LogP contribution is -2.36. The van der Waals surface area contributed by atoms with E-state index in [4.69, 9.17) is 0 Å².